The summed E-state index contributed by atoms with van der Waals surface area (Å²) in [5.74, 6) is -12.9. The summed E-state index contributed by atoms with van der Waals surface area (Å²) in [7, 11) is -2.35. The fourth-order valence-corrected chi connectivity index (χ4v) is 2.21. The van der Waals surface area contributed by atoms with Crippen LogP contribution in [0.4, 0.5) is 22.0 Å². The number of aromatic hydroxyl groups is 1. The minimum absolute atomic E-state index is 0.0143. The molecule has 4 nitrogen and oxygen atoms in total. The van der Waals surface area contributed by atoms with Crippen molar-refractivity contribution in [1.82, 2.24) is 0 Å². The normalized spacial score (nSPS) is 10.8. The largest absolute Gasteiger partial charge is 0.785 e. The maximum Gasteiger partial charge on any atom is 0.785 e. The van der Waals surface area contributed by atoms with Crippen LogP contribution in [0.3, 0.4) is 0 Å². The molecule has 0 heterocycles. The van der Waals surface area contributed by atoms with E-state index in [1.807, 2.05) is 0 Å². The number of benzene rings is 3. The molecular formula is C16H8BF5O4. The van der Waals surface area contributed by atoms with E-state index >= 15 is 0 Å². The van der Waals surface area contributed by atoms with Gasteiger partial charge in [0, 0.05) is 0 Å². The summed E-state index contributed by atoms with van der Waals surface area (Å²) in [6, 6.07) is 8.64. The van der Waals surface area contributed by atoms with E-state index in [0.717, 1.165) is 0 Å². The second kappa shape index (κ2) is 6.72. The van der Waals surface area contributed by atoms with Crippen molar-refractivity contribution in [3.05, 3.63) is 65.5 Å². The third-order valence-electron chi connectivity index (χ3n) is 3.42. The molecule has 0 aromatic heterocycles. The number of halogens is 5. The van der Waals surface area contributed by atoms with E-state index in [1.54, 1.807) is 0 Å². The molecule has 10 heteroatoms. The average Bonchev–Trinajstić information content (AvgIpc) is 2.62. The number of hydrogen-bond donors (Lipinski definition) is 2. The van der Waals surface area contributed by atoms with E-state index in [1.165, 1.54) is 36.4 Å². The predicted octanol–water partition coefficient (Wildman–Crippen LogP) is 3.68. The van der Waals surface area contributed by atoms with Crippen molar-refractivity contribution in [3.8, 4) is 17.2 Å². The van der Waals surface area contributed by atoms with Gasteiger partial charge in [0.15, 0.2) is 5.75 Å². The zero-order valence-corrected chi connectivity index (χ0v) is 12.6. The highest BCUT2D eigenvalue weighted by molar-refractivity contribution is 6.36. The Morgan fingerprint density at radius 1 is 0.692 bits per heavy atom. The number of fused-ring (bicyclic) bond motifs is 1. The van der Waals surface area contributed by atoms with Gasteiger partial charge in [0.2, 0.25) is 29.1 Å². The van der Waals surface area contributed by atoms with Crippen LogP contribution in [-0.4, -0.2) is 17.5 Å². The Morgan fingerprint density at radius 2 is 1.23 bits per heavy atom. The fraction of sp³-hybridized carbons (Fsp3) is 0. The lowest BCUT2D eigenvalue weighted by atomic mass is 10.1. The van der Waals surface area contributed by atoms with Crippen LogP contribution in [0.25, 0.3) is 10.8 Å². The first-order valence-electron chi connectivity index (χ1n) is 7.03. The Hall–Kier alpha value is -3.01. The fourth-order valence-electron chi connectivity index (χ4n) is 2.21. The molecule has 2 N–H and O–H groups in total. The first kappa shape index (κ1) is 17.8. The third kappa shape index (κ3) is 3.23. The molecular weight excluding hydrogens is 362 g/mol. The summed E-state index contributed by atoms with van der Waals surface area (Å²) in [6.45, 7) is 0. The van der Waals surface area contributed by atoms with Crippen LogP contribution in [0.1, 0.15) is 0 Å². The monoisotopic (exact) mass is 370 g/mol. The molecule has 0 unspecified atom stereocenters. The molecule has 0 amide bonds. The van der Waals surface area contributed by atoms with Crippen LogP contribution in [0.5, 0.6) is 17.2 Å². The van der Waals surface area contributed by atoms with Gasteiger partial charge in [0.1, 0.15) is 11.5 Å². The molecule has 3 aromatic carbocycles. The summed E-state index contributed by atoms with van der Waals surface area (Å²) in [6.07, 6.45) is 0. The van der Waals surface area contributed by atoms with Gasteiger partial charge in [-0.2, -0.15) is 8.78 Å². The van der Waals surface area contributed by atoms with Gasteiger partial charge >= 0.3 is 7.32 Å². The van der Waals surface area contributed by atoms with Crippen molar-refractivity contribution in [3.63, 3.8) is 0 Å². The Morgan fingerprint density at radius 3 is 1.88 bits per heavy atom. The van der Waals surface area contributed by atoms with Crippen molar-refractivity contribution in [2.24, 2.45) is 0 Å². The van der Waals surface area contributed by atoms with E-state index in [4.69, 9.17) is 4.65 Å². The lowest BCUT2D eigenvalue weighted by Crippen LogP contribution is -2.31. The van der Waals surface area contributed by atoms with Crippen molar-refractivity contribution in [2.45, 2.75) is 0 Å². The topological polar surface area (TPSA) is 58.9 Å². The van der Waals surface area contributed by atoms with Crippen LogP contribution >= 0.6 is 0 Å². The Balaban J connectivity index is 1.83. The summed E-state index contributed by atoms with van der Waals surface area (Å²) in [4.78, 5) is 0. The lowest BCUT2D eigenvalue weighted by Gasteiger charge is -2.13. The van der Waals surface area contributed by atoms with Crippen molar-refractivity contribution < 1.29 is 41.4 Å². The minimum atomic E-state index is -2.35. The maximum absolute atomic E-state index is 13.5. The van der Waals surface area contributed by atoms with Gasteiger partial charge in [-0.1, -0.05) is 12.1 Å². The highest BCUT2D eigenvalue weighted by Gasteiger charge is 2.32. The molecule has 0 radical (unpaired) electrons. The number of phenolic OH excluding ortho intramolecular Hbond substituents is 1. The van der Waals surface area contributed by atoms with E-state index in [0.29, 0.717) is 10.8 Å². The molecule has 0 atom stereocenters. The highest BCUT2D eigenvalue weighted by Crippen LogP contribution is 2.30. The van der Waals surface area contributed by atoms with Gasteiger partial charge in [0.25, 0.3) is 0 Å². The summed E-state index contributed by atoms with van der Waals surface area (Å²) in [5.41, 5.74) is 0. The van der Waals surface area contributed by atoms with Crippen molar-refractivity contribution >= 4 is 18.1 Å². The van der Waals surface area contributed by atoms with Crippen LogP contribution in [0.2, 0.25) is 0 Å². The molecule has 0 saturated carbocycles. The summed E-state index contributed by atoms with van der Waals surface area (Å²) < 4.78 is 75.4. The Bertz CT molecular complexity index is 969. The summed E-state index contributed by atoms with van der Waals surface area (Å²) in [5, 5.41) is 20.2. The Kier molecular flexibility index (Phi) is 4.60. The number of hydrogen-bond acceptors (Lipinski definition) is 4. The van der Waals surface area contributed by atoms with Gasteiger partial charge in [-0.15, -0.1) is 0 Å². The minimum Gasteiger partial charge on any atom is -0.508 e. The molecule has 0 spiro atoms. The number of rotatable bonds is 4. The lowest BCUT2D eigenvalue weighted by molar-refractivity contribution is 0.271. The molecule has 3 aromatic rings. The second-order valence-corrected chi connectivity index (χ2v) is 5.14. The molecule has 0 aliphatic heterocycles. The molecule has 3 rings (SSSR count). The zero-order valence-electron chi connectivity index (χ0n) is 12.6. The van der Waals surface area contributed by atoms with Gasteiger partial charge in [0.05, 0.1) is 0 Å². The molecule has 134 valence electrons. The van der Waals surface area contributed by atoms with Crippen LogP contribution in [0, 0.1) is 29.1 Å². The molecule has 0 aliphatic carbocycles. The molecule has 0 bridgehead atoms. The first-order valence-corrected chi connectivity index (χ1v) is 7.03. The Labute approximate surface area is 143 Å². The van der Waals surface area contributed by atoms with Crippen molar-refractivity contribution in [2.75, 3.05) is 0 Å². The molecule has 0 saturated heterocycles. The standard InChI is InChI=1S/C16H8BF5O4/c18-11-12(19)14(21)16(15(22)13(11)20)26-17(24)25-10-4-2-7-5-9(23)3-1-8(7)6-10/h1-6,23-24H. The molecule has 0 fully saturated rings. The van der Waals surface area contributed by atoms with Gasteiger partial charge in [-0.3, -0.25) is 0 Å². The maximum atomic E-state index is 13.5. The zero-order chi connectivity index (χ0) is 19.0. The van der Waals surface area contributed by atoms with Crippen LogP contribution in [-0.2, 0) is 0 Å². The van der Waals surface area contributed by atoms with E-state index in [9.17, 15) is 32.1 Å². The van der Waals surface area contributed by atoms with Crippen molar-refractivity contribution in [1.29, 1.82) is 0 Å². The van der Waals surface area contributed by atoms with Gasteiger partial charge in [-0.05, 0) is 35.0 Å². The third-order valence-corrected chi connectivity index (χ3v) is 3.42. The smallest absolute Gasteiger partial charge is 0.508 e. The summed E-state index contributed by atoms with van der Waals surface area (Å²) >= 11 is 0. The van der Waals surface area contributed by atoms with Gasteiger partial charge in [-0.25, -0.2) is 13.2 Å². The quantitative estimate of drug-likeness (QED) is 0.319. The highest BCUT2D eigenvalue weighted by atomic mass is 19.2. The van der Waals surface area contributed by atoms with Crippen LogP contribution < -0.4 is 9.31 Å². The molecule has 0 aliphatic rings. The molecule has 26 heavy (non-hydrogen) atoms. The first-order chi connectivity index (χ1) is 12.3. The van der Waals surface area contributed by atoms with Gasteiger partial charge < -0.3 is 19.4 Å². The van der Waals surface area contributed by atoms with Crippen LogP contribution in [0.15, 0.2) is 36.4 Å². The second-order valence-electron chi connectivity index (χ2n) is 5.14. The van der Waals surface area contributed by atoms with E-state index in [2.05, 4.69) is 4.65 Å². The predicted molar refractivity (Wildman–Crippen MR) is 81.1 cm³/mol. The average molecular weight is 370 g/mol. The SMILES string of the molecule is OB(Oc1ccc2cc(O)ccc2c1)Oc1c(F)c(F)c(F)c(F)c1F. The van der Waals surface area contributed by atoms with E-state index < -0.39 is 42.2 Å². The number of phenols is 1. The van der Waals surface area contributed by atoms with E-state index in [-0.39, 0.29) is 11.5 Å².